The molecule has 24 heavy (non-hydrogen) atoms. The van der Waals surface area contributed by atoms with E-state index in [-0.39, 0.29) is 11.9 Å². The Hall–Kier alpha value is -2.30. The van der Waals surface area contributed by atoms with Crippen molar-refractivity contribution in [3.05, 3.63) is 47.8 Å². The van der Waals surface area contributed by atoms with Crippen molar-refractivity contribution in [1.82, 2.24) is 14.7 Å². The molecule has 0 N–H and O–H groups in total. The third kappa shape index (κ3) is 4.16. The summed E-state index contributed by atoms with van der Waals surface area (Å²) in [6.07, 6.45) is 6.29. The first-order valence-electron chi connectivity index (χ1n) is 8.54. The largest absolute Gasteiger partial charge is 0.493 e. The van der Waals surface area contributed by atoms with Crippen molar-refractivity contribution >= 4 is 5.91 Å². The van der Waals surface area contributed by atoms with Crippen LogP contribution in [0.2, 0.25) is 0 Å². The second kappa shape index (κ2) is 7.07. The lowest BCUT2D eigenvalue weighted by Gasteiger charge is -2.26. The average molecular weight is 327 g/mol. The topological polar surface area (TPSA) is 47.4 Å². The Morgan fingerprint density at radius 3 is 2.58 bits per heavy atom. The van der Waals surface area contributed by atoms with E-state index in [1.807, 2.05) is 56.3 Å². The van der Waals surface area contributed by atoms with Gasteiger partial charge in [-0.15, -0.1) is 0 Å². The molecule has 1 aromatic heterocycles. The Bertz CT molecular complexity index is 687. The van der Waals surface area contributed by atoms with E-state index in [0.717, 1.165) is 23.8 Å². The molecule has 128 valence electrons. The number of aryl methyl sites for hydroxylation is 1. The molecule has 1 aromatic carbocycles. The smallest absolute Gasteiger partial charge is 0.254 e. The molecule has 1 aliphatic carbocycles. The third-order valence-corrected chi connectivity index (χ3v) is 4.28. The zero-order valence-corrected chi connectivity index (χ0v) is 14.6. The lowest BCUT2D eigenvalue weighted by molar-refractivity contribution is 0.0690. The second-order valence-corrected chi connectivity index (χ2v) is 6.83. The summed E-state index contributed by atoms with van der Waals surface area (Å²) >= 11 is 0. The van der Waals surface area contributed by atoms with Gasteiger partial charge in [-0.25, -0.2) is 0 Å². The van der Waals surface area contributed by atoms with Crippen LogP contribution in [0, 0.1) is 5.92 Å². The van der Waals surface area contributed by atoms with Crippen molar-refractivity contribution in [3.63, 3.8) is 0 Å². The summed E-state index contributed by atoms with van der Waals surface area (Å²) in [5.74, 6) is 1.59. The number of rotatable bonds is 7. The Kier molecular flexibility index (Phi) is 4.88. The zero-order valence-electron chi connectivity index (χ0n) is 14.6. The van der Waals surface area contributed by atoms with E-state index in [4.69, 9.17) is 4.74 Å². The maximum Gasteiger partial charge on any atom is 0.254 e. The maximum absolute atomic E-state index is 12.8. The van der Waals surface area contributed by atoms with Crippen LogP contribution in [0.1, 0.15) is 42.6 Å². The van der Waals surface area contributed by atoms with E-state index in [0.29, 0.717) is 12.1 Å². The van der Waals surface area contributed by atoms with Crippen LogP contribution >= 0.6 is 0 Å². The first kappa shape index (κ1) is 16.6. The van der Waals surface area contributed by atoms with E-state index in [1.165, 1.54) is 12.8 Å². The minimum atomic E-state index is 0.0302. The molecular formula is C19H25N3O2. The van der Waals surface area contributed by atoms with Crippen LogP contribution in [0.15, 0.2) is 36.7 Å². The SMILES string of the molecule is CC(C)N(Cc1cnn(C)c1)C(=O)c1ccc(OCC2CC2)cc1. The molecule has 1 fully saturated rings. The van der Waals surface area contributed by atoms with Crippen LogP contribution in [0.5, 0.6) is 5.75 Å². The standard InChI is InChI=1S/C19H25N3O2/c1-14(2)22(12-16-10-20-21(3)11-16)19(23)17-6-8-18(9-7-17)24-13-15-4-5-15/h6-11,14-15H,4-5,12-13H2,1-3H3. The minimum Gasteiger partial charge on any atom is -0.493 e. The van der Waals surface area contributed by atoms with Crippen molar-refractivity contribution in [2.45, 2.75) is 39.3 Å². The number of hydrogen-bond acceptors (Lipinski definition) is 3. The van der Waals surface area contributed by atoms with Gasteiger partial charge in [-0.05, 0) is 56.9 Å². The van der Waals surface area contributed by atoms with E-state index < -0.39 is 0 Å². The highest BCUT2D eigenvalue weighted by Crippen LogP contribution is 2.29. The molecule has 0 unspecified atom stereocenters. The summed E-state index contributed by atoms with van der Waals surface area (Å²) < 4.78 is 7.49. The van der Waals surface area contributed by atoms with Gasteiger partial charge in [0, 0.05) is 37.0 Å². The van der Waals surface area contributed by atoms with Crippen molar-refractivity contribution in [2.24, 2.45) is 13.0 Å². The Labute approximate surface area is 143 Å². The number of carbonyl (C=O) groups is 1. The number of benzene rings is 1. The van der Waals surface area contributed by atoms with E-state index >= 15 is 0 Å². The number of nitrogens with zero attached hydrogens (tertiary/aromatic N) is 3. The zero-order chi connectivity index (χ0) is 17.1. The van der Waals surface area contributed by atoms with Gasteiger partial charge in [0.2, 0.25) is 0 Å². The van der Waals surface area contributed by atoms with Crippen LogP contribution < -0.4 is 4.74 Å². The molecule has 1 heterocycles. The third-order valence-electron chi connectivity index (χ3n) is 4.28. The molecule has 0 radical (unpaired) electrons. The first-order chi connectivity index (χ1) is 11.5. The highest BCUT2D eigenvalue weighted by atomic mass is 16.5. The van der Waals surface area contributed by atoms with Gasteiger partial charge in [-0.1, -0.05) is 0 Å². The van der Waals surface area contributed by atoms with Gasteiger partial charge in [0.15, 0.2) is 0 Å². The molecular weight excluding hydrogens is 302 g/mol. The average Bonchev–Trinajstić information content (AvgIpc) is 3.31. The van der Waals surface area contributed by atoms with Gasteiger partial charge in [0.25, 0.3) is 5.91 Å². The van der Waals surface area contributed by atoms with Gasteiger partial charge >= 0.3 is 0 Å². The summed E-state index contributed by atoms with van der Waals surface area (Å²) in [5.41, 5.74) is 1.72. The predicted octanol–water partition coefficient (Wildman–Crippen LogP) is 3.26. The molecule has 0 bridgehead atoms. The Morgan fingerprint density at radius 2 is 2.04 bits per heavy atom. The van der Waals surface area contributed by atoms with Crippen molar-refractivity contribution < 1.29 is 9.53 Å². The van der Waals surface area contributed by atoms with E-state index in [9.17, 15) is 4.79 Å². The highest BCUT2D eigenvalue weighted by Gasteiger charge is 2.22. The summed E-state index contributed by atoms with van der Waals surface area (Å²) in [4.78, 5) is 14.7. The Balaban J connectivity index is 1.66. The summed E-state index contributed by atoms with van der Waals surface area (Å²) in [7, 11) is 1.88. The van der Waals surface area contributed by atoms with E-state index in [2.05, 4.69) is 5.10 Å². The van der Waals surface area contributed by atoms with Crippen LogP contribution in [0.4, 0.5) is 0 Å². The molecule has 1 saturated carbocycles. The van der Waals surface area contributed by atoms with Crippen molar-refractivity contribution in [3.8, 4) is 5.75 Å². The molecule has 0 atom stereocenters. The summed E-state index contributed by atoms with van der Waals surface area (Å²) in [5, 5.41) is 4.17. The number of ether oxygens (including phenoxy) is 1. The Morgan fingerprint density at radius 1 is 1.33 bits per heavy atom. The van der Waals surface area contributed by atoms with Gasteiger partial charge in [-0.3, -0.25) is 9.48 Å². The fourth-order valence-corrected chi connectivity index (χ4v) is 2.60. The molecule has 2 aromatic rings. The molecule has 1 aliphatic rings. The number of carbonyl (C=O) groups excluding carboxylic acids is 1. The summed E-state index contributed by atoms with van der Waals surface area (Å²) in [6.45, 7) is 5.40. The van der Waals surface area contributed by atoms with Crippen LogP contribution in [-0.2, 0) is 13.6 Å². The fourth-order valence-electron chi connectivity index (χ4n) is 2.60. The quantitative estimate of drug-likeness (QED) is 0.784. The van der Waals surface area contributed by atoms with Crippen LogP contribution in [0.25, 0.3) is 0 Å². The number of hydrogen-bond donors (Lipinski definition) is 0. The number of amides is 1. The van der Waals surface area contributed by atoms with Crippen molar-refractivity contribution in [1.29, 1.82) is 0 Å². The monoisotopic (exact) mass is 327 g/mol. The minimum absolute atomic E-state index is 0.0302. The molecule has 1 amide bonds. The maximum atomic E-state index is 12.8. The van der Waals surface area contributed by atoms with Crippen molar-refractivity contribution in [2.75, 3.05) is 6.61 Å². The molecule has 0 saturated heterocycles. The molecule has 3 rings (SSSR count). The summed E-state index contributed by atoms with van der Waals surface area (Å²) in [6, 6.07) is 7.59. The molecule has 0 aliphatic heterocycles. The highest BCUT2D eigenvalue weighted by molar-refractivity contribution is 5.94. The van der Waals surface area contributed by atoms with Gasteiger partial charge in [-0.2, -0.15) is 5.10 Å². The normalized spacial score (nSPS) is 14.0. The van der Waals surface area contributed by atoms with Crippen LogP contribution in [0.3, 0.4) is 0 Å². The molecule has 5 nitrogen and oxygen atoms in total. The van der Waals surface area contributed by atoms with Gasteiger partial charge in [0.05, 0.1) is 12.8 Å². The van der Waals surface area contributed by atoms with Gasteiger partial charge in [0.1, 0.15) is 5.75 Å². The van der Waals surface area contributed by atoms with Crippen LogP contribution in [-0.4, -0.2) is 33.2 Å². The first-order valence-corrected chi connectivity index (χ1v) is 8.54. The number of aromatic nitrogens is 2. The predicted molar refractivity (Wildman–Crippen MR) is 92.9 cm³/mol. The second-order valence-electron chi connectivity index (χ2n) is 6.83. The van der Waals surface area contributed by atoms with E-state index in [1.54, 1.807) is 10.9 Å². The lowest BCUT2D eigenvalue weighted by Crippen LogP contribution is -2.36. The fraction of sp³-hybridized carbons (Fsp3) is 0.474. The molecule has 5 heteroatoms. The van der Waals surface area contributed by atoms with Gasteiger partial charge < -0.3 is 9.64 Å². The molecule has 0 spiro atoms. The lowest BCUT2D eigenvalue weighted by atomic mass is 10.1.